The minimum absolute atomic E-state index is 0.00473. The Balaban J connectivity index is 1.67. The zero-order valence-electron chi connectivity index (χ0n) is 11.6. The number of imidazole rings is 1. The first-order chi connectivity index (χ1) is 10.2. The highest BCUT2D eigenvalue weighted by molar-refractivity contribution is 7.26. The summed E-state index contributed by atoms with van der Waals surface area (Å²) >= 11 is 3.57. The van der Waals surface area contributed by atoms with Gasteiger partial charge in [-0.2, -0.15) is 0 Å². The van der Waals surface area contributed by atoms with Crippen LogP contribution in [0, 0.1) is 0 Å². The maximum Gasteiger partial charge on any atom is 0.111 e. The highest BCUT2D eigenvalue weighted by Crippen LogP contribution is 2.33. The predicted octanol–water partition coefficient (Wildman–Crippen LogP) is 4.09. The maximum absolute atomic E-state index is 6.40. The molecule has 5 heteroatoms. The second-order valence-electron chi connectivity index (χ2n) is 5.18. The smallest absolute Gasteiger partial charge is 0.111 e. The van der Waals surface area contributed by atoms with Crippen molar-refractivity contribution in [3.05, 3.63) is 52.5 Å². The first kappa shape index (κ1) is 13.0. The lowest BCUT2D eigenvalue weighted by molar-refractivity contribution is 0.675. The number of para-hydroxylation sites is 2. The van der Waals surface area contributed by atoms with Gasteiger partial charge < -0.3 is 10.3 Å². The number of fused-ring (bicyclic) bond motifs is 2. The summed E-state index contributed by atoms with van der Waals surface area (Å²) in [5.41, 5.74) is 8.60. The average molecular weight is 313 g/mol. The summed E-state index contributed by atoms with van der Waals surface area (Å²) in [5.74, 6) is 1.04. The molecule has 4 aromatic rings. The first-order valence-electron chi connectivity index (χ1n) is 6.85. The van der Waals surface area contributed by atoms with E-state index in [4.69, 9.17) is 10.7 Å². The molecule has 0 saturated heterocycles. The molecule has 0 aliphatic heterocycles. The molecule has 21 heavy (non-hydrogen) atoms. The van der Waals surface area contributed by atoms with Gasteiger partial charge >= 0.3 is 0 Å². The molecule has 2 N–H and O–H groups in total. The Kier molecular flexibility index (Phi) is 3.06. The summed E-state index contributed by atoms with van der Waals surface area (Å²) in [5, 5.41) is 2.13. The fourth-order valence-electron chi connectivity index (χ4n) is 2.64. The minimum atomic E-state index is 0.00473. The molecule has 4 rings (SSSR count). The summed E-state index contributed by atoms with van der Waals surface area (Å²) in [4.78, 5) is 5.95. The molecule has 0 bridgehead atoms. The highest BCUT2D eigenvalue weighted by atomic mass is 32.1. The Hall–Kier alpha value is -1.69. The van der Waals surface area contributed by atoms with Gasteiger partial charge in [-0.25, -0.2) is 4.98 Å². The van der Waals surface area contributed by atoms with E-state index in [1.165, 1.54) is 14.3 Å². The van der Waals surface area contributed by atoms with E-state index in [-0.39, 0.29) is 6.04 Å². The van der Waals surface area contributed by atoms with Crippen LogP contribution < -0.4 is 5.73 Å². The molecule has 0 aliphatic rings. The van der Waals surface area contributed by atoms with Crippen molar-refractivity contribution in [1.29, 1.82) is 0 Å². The Labute approximate surface area is 130 Å². The maximum atomic E-state index is 6.40. The third-order valence-corrected chi connectivity index (χ3v) is 6.03. The van der Waals surface area contributed by atoms with Crippen molar-refractivity contribution >= 4 is 43.1 Å². The predicted molar refractivity (Wildman–Crippen MR) is 91.0 cm³/mol. The van der Waals surface area contributed by atoms with Gasteiger partial charge in [-0.1, -0.05) is 12.1 Å². The number of nitrogens with zero attached hydrogens (tertiary/aromatic N) is 2. The lowest BCUT2D eigenvalue weighted by Crippen LogP contribution is -2.14. The number of rotatable bonds is 3. The Morgan fingerprint density at radius 1 is 1.24 bits per heavy atom. The highest BCUT2D eigenvalue weighted by Gasteiger charge is 2.15. The largest absolute Gasteiger partial charge is 0.331 e. The summed E-state index contributed by atoms with van der Waals surface area (Å²) < 4.78 is 4.80. The zero-order valence-corrected chi connectivity index (χ0v) is 13.2. The van der Waals surface area contributed by atoms with E-state index in [1.807, 2.05) is 18.2 Å². The third kappa shape index (κ3) is 2.18. The lowest BCUT2D eigenvalue weighted by atomic mass is 10.2. The van der Waals surface area contributed by atoms with E-state index in [1.54, 1.807) is 22.7 Å². The van der Waals surface area contributed by atoms with Gasteiger partial charge in [-0.3, -0.25) is 0 Å². The molecule has 0 spiro atoms. The molecule has 0 fully saturated rings. The van der Waals surface area contributed by atoms with Crippen molar-refractivity contribution in [1.82, 2.24) is 9.55 Å². The Morgan fingerprint density at radius 2 is 2.10 bits per heavy atom. The average Bonchev–Trinajstić information content (AvgIpc) is 3.13. The van der Waals surface area contributed by atoms with Crippen LogP contribution in [-0.2, 0) is 13.5 Å². The first-order valence-corrected chi connectivity index (χ1v) is 8.55. The van der Waals surface area contributed by atoms with Gasteiger partial charge in [0.2, 0.25) is 0 Å². The number of aryl methyl sites for hydroxylation is 1. The van der Waals surface area contributed by atoms with Gasteiger partial charge in [0.1, 0.15) is 5.82 Å². The van der Waals surface area contributed by atoms with Crippen LogP contribution in [0.5, 0.6) is 0 Å². The lowest BCUT2D eigenvalue weighted by Gasteiger charge is -2.09. The second kappa shape index (κ2) is 4.94. The standard InChI is InChI=1S/C16H15N3S2/c1-19-12-5-3-2-4-11(12)18-16(19)8-10(17)14-9-15-13(21-14)6-7-20-15/h2-7,9-10H,8,17H2,1H3. The van der Waals surface area contributed by atoms with Crippen LogP contribution in [0.15, 0.2) is 41.8 Å². The quantitative estimate of drug-likeness (QED) is 0.619. The number of benzene rings is 1. The van der Waals surface area contributed by atoms with Crippen molar-refractivity contribution in [2.24, 2.45) is 12.8 Å². The van der Waals surface area contributed by atoms with E-state index in [2.05, 4.69) is 35.2 Å². The molecule has 0 amide bonds. The van der Waals surface area contributed by atoms with Crippen molar-refractivity contribution < 1.29 is 0 Å². The van der Waals surface area contributed by atoms with E-state index < -0.39 is 0 Å². The molecule has 1 atom stereocenters. The zero-order chi connectivity index (χ0) is 14.4. The normalized spacial score (nSPS) is 13.2. The van der Waals surface area contributed by atoms with Crippen LogP contribution in [-0.4, -0.2) is 9.55 Å². The van der Waals surface area contributed by atoms with Crippen LogP contribution in [0.2, 0.25) is 0 Å². The SMILES string of the molecule is Cn1c(CC(N)c2cc3sccc3s2)nc2ccccc21. The van der Waals surface area contributed by atoms with Crippen molar-refractivity contribution in [3.8, 4) is 0 Å². The number of hydrogen-bond donors (Lipinski definition) is 1. The van der Waals surface area contributed by atoms with Crippen LogP contribution in [0.1, 0.15) is 16.7 Å². The second-order valence-corrected chi connectivity index (χ2v) is 7.25. The molecule has 1 unspecified atom stereocenters. The molecule has 1 aromatic carbocycles. The van der Waals surface area contributed by atoms with Crippen LogP contribution in [0.25, 0.3) is 20.4 Å². The van der Waals surface area contributed by atoms with Crippen molar-refractivity contribution in [3.63, 3.8) is 0 Å². The van der Waals surface area contributed by atoms with Gasteiger partial charge in [0.25, 0.3) is 0 Å². The summed E-state index contributed by atoms with van der Waals surface area (Å²) in [7, 11) is 2.06. The van der Waals surface area contributed by atoms with Gasteiger partial charge in [0, 0.05) is 33.8 Å². The Morgan fingerprint density at radius 3 is 2.90 bits per heavy atom. The molecular weight excluding hydrogens is 298 g/mol. The van der Waals surface area contributed by atoms with Crippen molar-refractivity contribution in [2.75, 3.05) is 0 Å². The fourth-order valence-corrected chi connectivity index (χ4v) is 4.76. The van der Waals surface area contributed by atoms with Gasteiger partial charge in [0.05, 0.1) is 11.0 Å². The number of hydrogen-bond acceptors (Lipinski definition) is 4. The minimum Gasteiger partial charge on any atom is -0.331 e. The van der Waals surface area contributed by atoms with E-state index >= 15 is 0 Å². The summed E-state index contributed by atoms with van der Waals surface area (Å²) in [6, 6.07) is 12.6. The van der Waals surface area contributed by atoms with E-state index in [0.29, 0.717) is 0 Å². The summed E-state index contributed by atoms with van der Waals surface area (Å²) in [6.45, 7) is 0. The van der Waals surface area contributed by atoms with Gasteiger partial charge in [-0.15, -0.1) is 22.7 Å². The monoisotopic (exact) mass is 313 g/mol. The molecule has 106 valence electrons. The topological polar surface area (TPSA) is 43.8 Å². The molecular formula is C16H15N3S2. The third-order valence-electron chi connectivity index (χ3n) is 3.81. The van der Waals surface area contributed by atoms with Crippen LogP contribution in [0.4, 0.5) is 0 Å². The van der Waals surface area contributed by atoms with Crippen LogP contribution >= 0.6 is 22.7 Å². The molecule has 3 nitrogen and oxygen atoms in total. The molecule has 0 saturated carbocycles. The van der Waals surface area contributed by atoms with E-state index in [9.17, 15) is 0 Å². The summed E-state index contributed by atoms with van der Waals surface area (Å²) in [6.07, 6.45) is 0.763. The number of nitrogens with two attached hydrogens (primary N) is 1. The Bertz CT molecular complexity index is 887. The molecule has 0 aliphatic carbocycles. The van der Waals surface area contributed by atoms with Crippen molar-refractivity contribution in [2.45, 2.75) is 12.5 Å². The fraction of sp³-hybridized carbons (Fsp3) is 0.188. The van der Waals surface area contributed by atoms with E-state index in [0.717, 1.165) is 23.3 Å². The van der Waals surface area contributed by atoms with Crippen LogP contribution in [0.3, 0.4) is 0 Å². The number of thiophene rings is 2. The van der Waals surface area contributed by atoms with Gasteiger partial charge in [0.15, 0.2) is 0 Å². The molecule has 3 aromatic heterocycles. The van der Waals surface area contributed by atoms with Gasteiger partial charge in [-0.05, 0) is 29.6 Å². The molecule has 3 heterocycles. The number of aromatic nitrogens is 2. The molecule has 0 radical (unpaired) electrons.